The maximum absolute atomic E-state index is 11.0. The van der Waals surface area contributed by atoms with Crippen LogP contribution >= 0.6 is 0 Å². The minimum atomic E-state index is -0.566. The normalized spacial score (nSPS) is 12.8. The van der Waals surface area contributed by atoms with Crippen LogP contribution in [-0.4, -0.2) is 16.1 Å². The van der Waals surface area contributed by atoms with Crippen molar-refractivity contribution in [1.29, 1.82) is 0 Å². The Hall–Kier alpha value is -2.57. The highest BCUT2D eigenvalue weighted by Crippen LogP contribution is 2.14. The molecular formula is C20H30N2O5. The molecule has 0 heterocycles. The molecule has 0 aliphatic carbocycles. The van der Waals surface area contributed by atoms with Gasteiger partial charge in [-0.2, -0.15) is 0 Å². The molecule has 7 nitrogen and oxygen atoms in total. The van der Waals surface area contributed by atoms with E-state index in [0.717, 1.165) is 44.8 Å². The first-order valence-electron chi connectivity index (χ1n) is 9.43. The number of carbonyl (C=O) groups is 1. The molecule has 0 aliphatic rings. The molecule has 0 aromatic carbocycles. The predicted octanol–water partition coefficient (Wildman–Crippen LogP) is 5.54. The fraction of sp³-hybridized carbons (Fsp3) is 0.550. The molecule has 0 bridgehead atoms. The van der Waals surface area contributed by atoms with Gasteiger partial charge in [0.2, 0.25) is 0 Å². The van der Waals surface area contributed by atoms with Crippen LogP contribution in [0.2, 0.25) is 0 Å². The molecule has 150 valence electrons. The van der Waals surface area contributed by atoms with Gasteiger partial charge in [-0.1, -0.05) is 44.1 Å². The summed E-state index contributed by atoms with van der Waals surface area (Å²) in [6.07, 6.45) is 19.0. The van der Waals surface area contributed by atoms with Gasteiger partial charge in [-0.15, -0.1) is 0 Å². The first-order chi connectivity index (χ1) is 13.0. The third kappa shape index (κ3) is 14.3. The topological polar surface area (TPSA) is 103 Å². The molecule has 0 rings (SSSR count). The van der Waals surface area contributed by atoms with Crippen LogP contribution in [0.4, 0.5) is 0 Å². The molecule has 0 fully saturated rings. The fourth-order valence-electron chi connectivity index (χ4n) is 2.38. The highest BCUT2D eigenvalue weighted by atomic mass is 16.6. The Morgan fingerprint density at radius 1 is 0.778 bits per heavy atom. The second-order valence-electron chi connectivity index (χ2n) is 6.06. The summed E-state index contributed by atoms with van der Waals surface area (Å²) in [5, 5.41) is 21.9. The Morgan fingerprint density at radius 2 is 1.33 bits per heavy atom. The summed E-state index contributed by atoms with van der Waals surface area (Å²) in [6, 6.07) is 0. The maximum Gasteiger partial charge on any atom is 0.253 e. The van der Waals surface area contributed by atoms with Crippen LogP contribution in [-0.2, 0) is 4.79 Å². The third-order valence-corrected chi connectivity index (χ3v) is 3.81. The monoisotopic (exact) mass is 378 g/mol. The van der Waals surface area contributed by atoms with Crippen molar-refractivity contribution < 1.29 is 14.6 Å². The Balaban J connectivity index is 4.18. The SMILES string of the molecule is CC/C=C(\C/C(=C\C/C=C\C/C=C\CCCCCCC=O)[N+](=O)[O-])[N+](=O)[O-]. The van der Waals surface area contributed by atoms with Crippen LogP contribution in [0.25, 0.3) is 0 Å². The minimum Gasteiger partial charge on any atom is -0.303 e. The largest absolute Gasteiger partial charge is 0.303 e. The molecule has 0 aliphatic heterocycles. The van der Waals surface area contributed by atoms with Gasteiger partial charge in [0, 0.05) is 6.42 Å². The average molecular weight is 378 g/mol. The first-order valence-corrected chi connectivity index (χ1v) is 9.43. The molecule has 7 heteroatoms. The van der Waals surface area contributed by atoms with E-state index in [0.29, 0.717) is 19.3 Å². The van der Waals surface area contributed by atoms with E-state index in [1.165, 1.54) is 12.2 Å². The van der Waals surface area contributed by atoms with Crippen LogP contribution in [0, 0.1) is 20.2 Å². The average Bonchev–Trinajstić information content (AvgIpc) is 2.63. The van der Waals surface area contributed by atoms with E-state index in [2.05, 4.69) is 12.2 Å². The Kier molecular flexibility index (Phi) is 15.3. The summed E-state index contributed by atoms with van der Waals surface area (Å²) >= 11 is 0. The molecule has 0 atom stereocenters. The van der Waals surface area contributed by atoms with Crippen molar-refractivity contribution in [3.8, 4) is 0 Å². The lowest BCUT2D eigenvalue weighted by atomic mass is 10.1. The van der Waals surface area contributed by atoms with Crippen molar-refractivity contribution in [2.75, 3.05) is 0 Å². The minimum absolute atomic E-state index is 0.140. The number of aldehydes is 1. The number of allylic oxidation sites excluding steroid dienone is 6. The van der Waals surface area contributed by atoms with Gasteiger partial charge in [-0.3, -0.25) is 20.2 Å². The Morgan fingerprint density at radius 3 is 1.93 bits per heavy atom. The van der Waals surface area contributed by atoms with E-state index < -0.39 is 9.85 Å². The van der Waals surface area contributed by atoms with Gasteiger partial charge in [-0.05, 0) is 50.7 Å². The number of hydrogen-bond donors (Lipinski definition) is 0. The van der Waals surface area contributed by atoms with Gasteiger partial charge < -0.3 is 4.79 Å². The lowest BCUT2D eigenvalue weighted by molar-refractivity contribution is -0.450. The smallest absolute Gasteiger partial charge is 0.253 e. The summed E-state index contributed by atoms with van der Waals surface area (Å²) in [5.74, 6) is 0. The maximum atomic E-state index is 11.0. The quantitative estimate of drug-likeness (QED) is 0.115. The van der Waals surface area contributed by atoms with Crippen molar-refractivity contribution in [2.45, 2.75) is 71.1 Å². The molecule has 27 heavy (non-hydrogen) atoms. The van der Waals surface area contributed by atoms with Crippen molar-refractivity contribution in [3.63, 3.8) is 0 Å². The van der Waals surface area contributed by atoms with Crippen LogP contribution < -0.4 is 0 Å². The number of nitrogens with zero attached hydrogens (tertiary/aromatic N) is 2. The molecule has 0 aromatic rings. The lowest BCUT2D eigenvalue weighted by Gasteiger charge is -1.97. The number of rotatable bonds is 16. The second kappa shape index (κ2) is 16.9. The molecule has 0 unspecified atom stereocenters. The Bertz CT molecular complexity index is 577. The van der Waals surface area contributed by atoms with E-state index in [9.17, 15) is 25.0 Å². The number of nitro groups is 2. The van der Waals surface area contributed by atoms with Crippen LogP contribution in [0.1, 0.15) is 71.1 Å². The molecule has 0 saturated carbocycles. The van der Waals surface area contributed by atoms with E-state index in [-0.39, 0.29) is 17.8 Å². The van der Waals surface area contributed by atoms with Crippen molar-refractivity contribution in [2.24, 2.45) is 0 Å². The lowest BCUT2D eigenvalue weighted by Crippen LogP contribution is -2.06. The van der Waals surface area contributed by atoms with Gasteiger partial charge in [-0.25, -0.2) is 0 Å². The zero-order valence-electron chi connectivity index (χ0n) is 16.0. The van der Waals surface area contributed by atoms with Gasteiger partial charge in [0.05, 0.1) is 9.85 Å². The molecular weight excluding hydrogens is 348 g/mol. The summed E-state index contributed by atoms with van der Waals surface area (Å²) in [7, 11) is 0. The molecule has 0 saturated heterocycles. The van der Waals surface area contributed by atoms with Crippen molar-refractivity contribution in [1.82, 2.24) is 0 Å². The number of hydrogen-bond acceptors (Lipinski definition) is 5. The van der Waals surface area contributed by atoms with Crippen LogP contribution in [0.5, 0.6) is 0 Å². The van der Waals surface area contributed by atoms with Gasteiger partial charge >= 0.3 is 0 Å². The number of unbranched alkanes of at least 4 members (excludes halogenated alkanes) is 5. The van der Waals surface area contributed by atoms with Crippen molar-refractivity contribution >= 4 is 6.29 Å². The molecule has 0 N–H and O–H groups in total. The highest BCUT2D eigenvalue weighted by molar-refractivity contribution is 5.48. The van der Waals surface area contributed by atoms with Gasteiger partial charge in [0.15, 0.2) is 0 Å². The van der Waals surface area contributed by atoms with E-state index in [4.69, 9.17) is 0 Å². The third-order valence-electron chi connectivity index (χ3n) is 3.81. The van der Waals surface area contributed by atoms with Gasteiger partial charge in [0.25, 0.3) is 11.4 Å². The molecule has 0 aromatic heterocycles. The zero-order chi connectivity index (χ0) is 20.3. The fourth-order valence-corrected chi connectivity index (χ4v) is 2.38. The molecule has 0 spiro atoms. The standard InChI is InChI=1S/C20H30N2O5/c1-2-15-19(21(24)25)18-20(22(26)27)16-13-11-9-7-5-3-4-6-8-10-12-14-17-23/h3,5,9,11,15-17H,2,4,6-8,10,12-14,18H2,1H3/b5-3-,11-9-,19-15+,20-16+. The van der Waals surface area contributed by atoms with Gasteiger partial charge in [0.1, 0.15) is 12.7 Å². The first kappa shape index (κ1) is 24.4. The predicted molar refractivity (Wildman–Crippen MR) is 106 cm³/mol. The van der Waals surface area contributed by atoms with E-state index in [1.807, 2.05) is 12.2 Å². The molecule has 0 amide bonds. The molecule has 0 radical (unpaired) electrons. The summed E-state index contributed by atoms with van der Waals surface area (Å²) in [6.45, 7) is 1.75. The zero-order valence-corrected chi connectivity index (χ0v) is 16.0. The second-order valence-corrected chi connectivity index (χ2v) is 6.06. The Labute approximate surface area is 160 Å². The summed E-state index contributed by atoms with van der Waals surface area (Å²) < 4.78 is 0. The van der Waals surface area contributed by atoms with Crippen LogP contribution in [0.3, 0.4) is 0 Å². The highest BCUT2D eigenvalue weighted by Gasteiger charge is 2.20. The van der Waals surface area contributed by atoms with E-state index in [1.54, 1.807) is 6.92 Å². The van der Waals surface area contributed by atoms with E-state index >= 15 is 0 Å². The number of carbonyl (C=O) groups excluding carboxylic acids is 1. The summed E-state index contributed by atoms with van der Waals surface area (Å²) in [4.78, 5) is 31.0. The summed E-state index contributed by atoms with van der Waals surface area (Å²) in [5.41, 5.74) is -0.292. The van der Waals surface area contributed by atoms with Crippen molar-refractivity contribution in [3.05, 3.63) is 68.1 Å². The van der Waals surface area contributed by atoms with Crippen LogP contribution in [0.15, 0.2) is 47.9 Å².